The summed E-state index contributed by atoms with van der Waals surface area (Å²) in [6.07, 6.45) is 0. The summed E-state index contributed by atoms with van der Waals surface area (Å²) in [4.78, 5) is 0. The highest BCUT2D eigenvalue weighted by atomic mass is 16.3. The van der Waals surface area contributed by atoms with Crippen LogP contribution in [-0.4, -0.2) is 9.13 Å². The number of hydrogen-bond donors (Lipinski definition) is 0. The molecule has 3 heteroatoms. The van der Waals surface area contributed by atoms with Crippen LogP contribution < -0.4 is 0 Å². The van der Waals surface area contributed by atoms with Crippen LogP contribution in [0, 0.1) is 0 Å². The molecule has 47 heavy (non-hydrogen) atoms. The Balaban J connectivity index is 1.02. The standard InChI is InChI=1S/C44H28N2O/c1-2-10-33(11-3-1)46-41-17-9-6-14-37(41)43-38-28-32(24-27-42(38)47-44(43)46)31-20-18-29(19-21-31)30-22-25-34(26-23-30)45-39-15-7-4-12-35(39)36-13-5-8-16-40(36)45/h1-28H. The molecule has 0 aliphatic rings. The van der Waals surface area contributed by atoms with Crippen LogP contribution in [0.25, 0.3) is 88.4 Å². The zero-order chi connectivity index (χ0) is 30.9. The van der Waals surface area contributed by atoms with Gasteiger partial charge in [0.15, 0.2) is 0 Å². The maximum absolute atomic E-state index is 6.54. The molecular weight excluding hydrogens is 572 g/mol. The number of fused-ring (bicyclic) bond motifs is 8. The minimum absolute atomic E-state index is 0.879. The average molecular weight is 601 g/mol. The molecule has 0 aliphatic heterocycles. The van der Waals surface area contributed by atoms with Gasteiger partial charge >= 0.3 is 0 Å². The number of hydrogen-bond acceptors (Lipinski definition) is 1. The van der Waals surface area contributed by atoms with Crippen molar-refractivity contribution in [1.82, 2.24) is 9.13 Å². The van der Waals surface area contributed by atoms with E-state index in [1.807, 2.05) is 6.07 Å². The van der Waals surface area contributed by atoms with Gasteiger partial charge in [0, 0.05) is 32.9 Å². The van der Waals surface area contributed by atoms with Crippen LogP contribution in [0.3, 0.4) is 0 Å². The van der Waals surface area contributed by atoms with Crippen molar-refractivity contribution in [2.45, 2.75) is 0 Å². The molecule has 0 N–H and O–H groups in total. The van der Waals surface area contributed by atoms with E-state index in [0.717, 1.165) is 39.0 Å². The Bertz CT molecular complexity index is 2710. The number of aromatic nitrogens is 2. The van der Waals surface area contributed by atoms with Gasteiger partial charge in [-0.05, 0) is 76.9 Å². The lowest BCUT2D eigenvalue weighted by Gasteiger charge is -2.10. The molecule has 0 radical (unpaired) electrons. The summed E-state index contributed by atoms with van der Waals surface area (Å²) in [6, 6.07) is 60.6. The summed E-state index contributed by atoms with van der Waals surface area (Å²) in [5.41, 5.74) is 12.4. The highest BCUT2D eigenvalue weighted by Crippen LogP contribution is 2.40. The van der Waals surface area contributed by atoms with Gasteiger partial charge in [-0.25, -0.2) is 0 Å². The molecule has 3 aromatic heterocycles. The molecule has 0 saturated carbocycles. The zero-order valence-electron chi connectivity index (χ0n) is 25.5. The number of furan rings is 1. The fraction of sp³-hybridized carbons (Fsp3) is 0. The number of para-hydroxylation sites is 4. The first-order chi connectivity index (χ1) is 23.3. The molecule has 3 nitrogen and oxygen atoms in total. The second-order valence-electron chi connectivity index (χ2n) is 12.2. The van der Waals surface area contributed by atoms with Gasteiger partial charge in [-0.3, -0.25) is 4.57 Å². The maximum atomic E-state index is 6.54. The van der Waals surface area contributed by atoms with E-state index in [1.165, 1.54) is 49.4 Å². The first-order valence-corrected chi connectivity index (χ1v) is 16.0. The Morgan fingerprint density at radius 2 is 0.809 bits per heavy atom. The van der Waals surface area contributed by atoms with Gasteiger partial charge in [0.05, 0.1) is 21.9 Å². The van der Waals surface area contributed by atoms with Crippen molar-refractivity contribution in [3.63, 3.8) is 0 Å². The van der Waals surface area contributed by atoms with Crippen molar-refractivity contribution in [1.29, 1.82) is 0 Å². The predicted molar refractivity (Wildman–Crippen MR) is 196 cm³/mol. The predicted octanol–water partition coefficient (Wildman–Crippen LogP) is 12.0. The number of nitrogens with zero attached hydrogens (tertiary/aromatic N) is 2. The molecule has 10 aromatic rings. The Morgan fingerprint density at radius 3 is 1.45 bits per heavy atom. The molecule has 220 valence electrons. The lowest BCUT2D eigenvalue weighted by Crippen LogP contribution is -1.93. The molecule has 0 spiro atoms. The monoisotopic (exact) mass is 600 g/mol. The summed E-state index contributed by atoms with van der Waals surface area (Å²) in [7, 11) is 0. The van der Waals surface area contributed by atoms with Gasteiger partial charge in [0.25, 0.3) is 0 Å². The van der Waals surface area contributed by atoms with E-state index in [2.05, 4.69) is 173 Å². The first-order valence-electron chi connectivity index (χ1n) is 16.0. The smallest absolute Gasteiger partial charge is 0.213 e. The molecule has 0 fully saturated rings. The highest BCUT2D eigenvalue weighted by Gasteiger charge is 2.19. The Kier molecular flexibility index (Phi) is 5.57. The maximum Gasteiger partial charge on any atom is 0.213 e. The third-order valence-corrected chi connectivity index (χ3v) is 9.56. The molecular formula is C44H28N2O. The summed E-state index contributed by atoms with van der Waals surface area (Å²) in [5.74, 6) is 0. The van der Waals surface area contributed by atoms with E-state index in [1.54, 1.807) is 0 Å². The SMILES string of the molecule is c1ccc(-n2c3ccccc3c3c4cc(-c5ccc(-c6ccc(-n7c8ccccc8c8ccccc87)cc6)cc5)ccc4oc32)cc1. The Morgan fingerprint density at radius 1 is 0.340 bits per heavy atom. The summed E-state index contributed by atoms with van der Waals surface area (Å²) in [5, 5.41) is 6.04. The van der Waals surface area contributed by atoms with Gasteiger partial charge in [-0.15, -0.1) is 0 Å². The van der Waals surface area contributed by atoms with E-state index in [9.17, 15) is 0 Å². The fourth-order valence-electron chi connectivity index (χ4n) is 7.36. The van der Waals surface area contributed by atoms with Crippen molar-refractivity contribution in [2.75, 3.05) is 0 Å². The molecule has 0 atom stereocenters. The van der Waals surface area contributed by atoms with Gasteiger partial charge in [-0.1, -0.05) is 115 Å². The van der Waals surface area contributed by atoms with Crippen molar-refractivity contribution < 1.29 is 4.42 Å². The van der Waals surface area contributed by atoms with Crippen molar-refractivity contribution in [3.8, 4) is 33.6 Å². The lowest BCUT2D eigenvalue weighted by atomic mass is 9.99. The molecule has 7 aromatic carbocycles. The molecule has 0 aliphatic carbocycles. The van der Waals surface area contributed by atoms with Crippen molar-refractivity contribution >= 4 is 54.8 Å². The van der Waals surface area contributed by atoms with Crippen LogP contribution in [0.15, 0.2) is 174 Å². The fourth-order valence-corrected chi connectivity index (χ4v) is 7.36. The van der Waals surface area contributed by atoms with E-state index >= 15 is 0 Å². The van der Waals surface area contributed by atoms with Crippen LogP contribution in [0.2, 0.25) is 0 Å². The van der Waals surface area contributed by atoms with Crippen molar-refractivity contribution in [3.05, 3.63) is 170 Å². The normalized spacial score (nSPS) is 11.8. The van der Waals surface area contributed by atoms with Crippen LogP contribution in [0.4, 0.5) is 0 Å². The minimum atomic E-state index is 0.879. The third-order valence-electron chi connectivity index (χ3n) is 9.56. The van der Waals surface area contributed by atoms with E-state index in [0.29, 0.717) is 0 Å². The van der Waals surface area contributed by atoms with E-state index in [-0.39, 0.29) is 0 Å². The molecule has 10 rings (SSSR count). The Labute approximate surface area is 271 Å². The summed E-state index contributed by atoms with van der Waals surface area (Å²) in [6.45, 7) is 0. The van der Waals surface area contributed by atoms with Crippen LogP contribution in [-0.2, 0) is 0 Å². The van der Waals surface area contributed by atoms with Gasteiger partial charge < -0.3 is 8.98 Å². The Hall–Kier alpha value is -6.32. The number of rotatable bonds is 4. The van der Waals surface area contributed by atoms with Crippen LogP contribution >= 0.6 is 0 Å². The summed E-state index contributed by atoms with van der Waals surface area (Å²) < 4.78 is 11.1. The minimum Gasteiger partial charge on any atom is -0.439 e. The molecule has 0 bridgehead atoms. The molecule has 0 saturated heterocycles. The number of benzene rings is 7. The van der Waals surface area contributed by atoms with Crippen molar-refractivity contribution in [2.24, 2.45) is 0 Å². The molecule has 0 amide bonds. The lowest BCUT2D eigenvalue weighted by molar-refractivity contribution is 0.645. The molecule has 3 heterocycles. The van der Waals surface area contributed by atoms with E-state index < -0.39 is 0 Å². The second kappa shape index (κ2) is 10.1. The molecule has 0 unspecified atom stereocenters. The van der Waals surface area contributed by atoms with E-state index in [4.69, 9.17) is 4.42 Å². The average Bonchev–Trinajstić information content (AvgIpc) is 3.79. The van der Waals surface area contributed by atoms with Gasteiger partial charge in [0.2, 0.25) is 5.71 Å². The largest absolute Gasteiger partial charge is 0.439 e. The van der Waals surface area contributed by atoms with Crippen LogP contribution in [0.1, 0.15) is 0 Å². The highest BCUT2D eigenvalue weighted by molar-refractivity contribution is 6.20. The second-order valence-corrected chi connectivity index (χ2v) is 12.2. The topological polar surface area (TPSA) is 23.0 Å². The zero-order valence-corrected chi connectivity index (χ0v) is 25.5. The van der Waals surface area contributed by atoms with Gasteiger partial charge in [0.1, 0.15) is 5.58 Å². The van der Waals surface area contributed by atoms with Crippen LogP contribution in [0.5, 0.6) is 0 Å². The first kappa shape index (κ1) is 26.0. The van der Waals surface area contributed by atoms with Gasteiger partial charge in [-0.2, -0.15) is 0 Å². The third kappa shape index (κ3) is 3.93. The quantitative estimate of drug-likeness (QED) is 0.197. The summed E-state index contributed by atoms with van der Waals surface area (Å²) >= 11 is 0.